The van der Waals surface area contributed by atoms with Crippen LogP contribution in [0.15, 0.2) is 48.8 Å². The number of carbonyl (C=O) groups is 2. The average Bonchev–Trinajstić information content (AvgIpc) is 3.52. The molecule has 0 bridgehead atoms. The third-order valence-electron chi connectivity index (χ3n) is 6.22. The summed E-state index contributed by atoms with van der Waals surface area (Å²) in [6, 6.07) is 8.13. The Morgan fingerprint density at radius 2 is 2.08 bits per heavy atom. The number of halogens is 2. The molecule has 196 valence electrons. The molecular weight excluding hydrogens is 484 g/mol. The van der Waals surface area contributed by atoms with E-state index < -0.39 is 18.6 Å². The number of likely N-dealkylation sites (tertiary alicyclic amines) is 1. The number of rotatable bonds is 10. The molecule has 1 aliphatic rings. The topological polar surface area (TPSA) is 138 Å². The summed E-state index contributed by atoms with van der Waals surface area (Å²) in [7, 11) is 0. The van der Waals surface area contributed by atoms with Crippen LogP contribution in [0, 0.1) is 11.8 Å². The first-order chi connectivity index (χ1) is 17.9. The van der Waals surface area contributed by atoms with Gasteiger partial charge in [-0.15, -0.1) is 5.10 Å². The summed E-state index contributed by atoms with van der Waals surface area (Å²) < 4.78 is 27.7. The molecule has 4 rings (SSSR count). The number of aromatic nitrogens is 3. The Kier molecular flexibility index (Phi) is 8.41. The highest BCUT2D eigenvalue weighted by atomic mass is 19.1. The molecule has 0 aliphatic carbocycles. The maximum Gasteiger partial charge on any atom is 0.252 e. The van der Waals surface area contributed by atoms with E-state index >= 15 is 0 Å². The molecule has 1 fully saturated rings. The number of nitrogens with one attached hydrogen (secondary N) is 2. The maximum atomic E-state index is 14.4. The minimum Gasteiger partial charge on any atom is -0.394 e. The van der Waals surface area contributed by atoms with Crippen molar-refractivity contribution in [2.24, 2.45) is 5.73 Å². The smallest absolute Gasteiger partial charge is 0.252 e. The van der Waals surface area contributed by atoms with Crippen LogP contribution in [-0.2, 0) is 11.2 Å². The second-order valence-electron chi connectivity index (χ2n) is 8.83. The van der Waals surface area contributed by atoms with Gasteiger partial charge in [0.25, 0.3) is 5.91 Å². The number of benzene rings is 1. The quantitative estimate of drug-likeness (QED) is 0.318. The van der Waals surface area contributed by atoms with Gasteiger partial charge >= 0.3 is 0 Å². The van der Waals surface area contributed by atoms with Crippen LogP contribution in [0.1, 0.15) is 28.8 Å². The molecule has 3 aromatic rings. The molecule has 37 heavy (non-hydrogen) atoms. The molecule has 1 aromatic carbocycles. The van der Waals surface area contributed by atoms with Crippen molar-refractivity contribution in [1.29, 1.82) is 0 Å². The van der Waals surface area contributed by atoms with Crippen LogP contribution in [-0.4, -0.2) is 75.0 Å². The van der Waals surface area contributed by atoms with Crippen LogP contribution in [0.25, 0.3) is 11.3 Å². The van der Waals surface area contributed by atoms with Gasteiger partial charge in [-0.05, 0) is 49.1 Å². The van der Waals surface area contributed by atoms with Gasteiger partial charge in [-0.1, -0.05) is 12.1 Å². The summed E-state index contributed by atoms with van der Waals surface area (Å²) in [6.45, 7) is 0.749. The van der Waals surface area contributed by atoms with Crippen LogP contribution >= 0.6 is 0 Å². The summed E-state index contributed by atoms with van der Waals surface area (Å²) in [5.41, 5.74) is 10.1. The van der Waals surface area contributed by atoms with Crippen molar-refractivity contribution in [2.45, 2.75) is 31.3 Å². The molecule has 12 heteroatoms. The molecule has 1 aliphatic heterocycles. The minimum atomic E-state index is -0.971. The SMILES string of the molecule is N[C@@H](CO)C(=O)N1CCC[C@@H]1CNC(=O)c1ccc(-c2cn(NCCc3cccc(F)c3)nc2F)nc1. The van der Waals surface area contributed by atoms with Crippen molar-refractivity contribution >= 4 is 11.8 Å². The number of hydrogen-bond donors (Lipinski definition) is 4. The van der Waals surface area contributed by atoms with Crippen molar-refractivity contribution in [3.63, 3.8) is 0 Å². The van der Waals surface area contributed by atoms with Crippen molar-refractivity contribution in [3.8, 4) is 11.3 Å². The van der Waals surface area contributed by atoms with Gasteiger partial charge in [-0.25, -0.2) is 4.39 Å². The van der Waals surface area contributed by atoms with Crippen LogP contribution in [0.2, 0.25) is 0 Å². The fourth-order valence-electron chi connectivity index (χ4n) is 4.24. The zero-order valence-electron chi connectivity index (χ0n) is 20.1. The number of aliphatic hydroxyl groups excluding tert-OH is 1. The van der Waals surface area contributed by atoms with Gasteiger partial charge in [0.2, 0.25) is 11.9 Å². The third-order valence-corrected chi connectivity index (χ3v) is 6.22. The summed E-state index contributed by atoms with van der Waals surface area (Å²) in [6.07, 6.45) is 4.84. The van der Waals surface area contributed by atoms with Gasteiger partial charge in [-0.3, -0.25) is 14.6 Å². The zero-order chi connectivity index (χ0) is 26.4. The van der Waals surface area contributed by atoms with Gasteiger partial charge < -0.3 is 26.5 Å². The summed E-state index contributed by atoms with van der Waals surface area (Å²) in [4.78, 5) is 31.9. The van der Waals surface area contributed by atoms with Crippen LogP contribution in [0.5, 0.6) is 0 Å². The second-order valence-corrected chi connectivity index (χ2v) is 8.83. The van der Waals surface area contributed by atoms with E-state index in [9.17, 15) is 18.4 Å². The lowest BCUT2D eigenvalue weighted by molar-refractivity contribution is -0.134. The Hall–Kier alpha value is -3.90. The first kappa shape index (κ1) is 26.2. The normalized spacial score (nSPS) is 16.0. The van der Waals surface area contributed by atoms with E-state index in [0.29, 0.717) is 25.2 Å². The molecule has 0 spiro atoms. The molecule has 3 heterocycles. The van der Waals surface area contributed by atoms with Gasteiger partial charge in [-0.2, -0.15) is 9.18 Å². The van der Waals surface area contributed by atoms with E-state index in [4.69, 9.17) is 10.8 Å². The molecule has 0 unspecified atom stereocenters. The molecule has 2 atom stereocenters. The monoisotopic (exact) mass is 513 g/mol. The Balaban J connectivity index is 1.31. The van der Waals surface area contributed by atoms with Crippen molar-refractivity contribution in [1.82, 2.24) is 25.1 Å². The lowest BCUT2D eigenvalue weighted by Crippen LogP contribution is -2.50. The predicted molar refractivity (Wildman–Crippen MR) is 132 cm³/mol. The highest BCUT2D eigenvalue weighted by Gasteiger charge is 2.31. The summed E-state index contributed by atoms with van der Waals surface area (Å²) in [5, 5.41) is 15.7. The molecule has 2 aromatic heterocycles. The standard InChI is InChI=1S/C25H29F2N7O3/c26-18-4-1-3-16(11-18)8-9-31-34-14-20(23(27)32-34)22-7-6-17(12-29-22)24(36)30-13-19-5-2-10-33(19)25(37)21(28)15-35/h1,3-4,6-7,11-12,14,19,21,31,35H,2,5,8-10,13,15,28H2,(H,30,36)/t19-,21+/m1/s1. The fourth-order valence-corrected chi connectivity index (χ4v) is 4.24. The summed E-state index contributed by atoms with van der Waals surface area (Å²) >= 11 is 0. The molecule has 10 nitrogen and oxygen atoms in total. The van der Waals surface area contributed by atoms with E-state index in [1.807, 2.05) is 0 Å². The minimum absolute atomic E-state index is 0.158. The molecule has 1 saturated heterocycles. The van der Waals surface area contributed by atoms with E-state index in [0.717, 1.165) is 18.4 Å². The predicted octanol–water partition coefficient (Wildman–Crippen LogP) is 1.05. The number of pyridine rings is 1. The second kappa shape index (κ2) is 11.9. The number of amides is 2. The maximum absolute atomic E-state index is 14.4. The van der Waals surface area contributed by atoms with Gasteiger partial charge in [0.05, 0.1) is 29.6 Å². The summed E-state index contributed by atoms with van der Waals surface area (Å²) in [5.74, 6) is -1.75. The number of carbonyl (C=O) groups excluding carboxylic acids is 2. The number of hydrogen-bond acceptors (Lipinski definition) is 7. The number of nitrogens with two attached hydrogens (primary N) is 1. The van der Waals surface area contributed by atoms with Crippen molar-refractivity contribution in [2.75, 3.05) is 31.7 Å². The van der Waals surface area contributed by atoms with Crippen molar-refractivity contribution in [3.05, 3.63) is 71.7 Å². The van der Waals surface area contributed by atoms with Crippen LogP contribution in [0.4, 0.5) is 8.78 Å². The van der Waals surface area contributed by atoms with E-state index in [1.54, 1.807) is 17.0 Å². The molecule has 0 radical (unpaired) electrons. The molecule has 0 saturated carbocycles. The molecule has 2 amide bonds. The zero-order valence-corrected chi connectivity index (χ0v) is 20.1. The lowest BCUT2D eigenvalue weighted by atomic mass is 10.1. The highest BCUT2D eigenvalue weighted by Crippen LogP contribution is 2.20. The first-order valence-electron chi connectivity index (χ1n) is 12.0. The lowest BCUT2D eigenvalue weighted by Gasteiger charge is -2.27. The Labute approximate surface area is 212 Å². The van der Waals surface area contributed by atoms with E-state index in [2.05, 4.69) is 20.8 Å². The highest BCUT2D eigenvalue weighted by molar-refractivity contribution is 5.94. The molecular formula is C25H29F2N7O3. The largest absolute Gasteiger partial charge is 0.394 e. The van der Waals surface area contributed by atoms with E-state index in [-0.39, 0.29) is 41.3 Å². The van der Waals surface area contributed by atoms with Gasteiger partial charge in [0.15, 0.2) is 0 Å². The number of nitrogens with zero attached hydrogens (tertiary/aromatic N) is 4. The molecule has 5 N–H and O–H groups in total. The number of aliphatic hydroxyl groups is 1. The Bertz CT molecular complexity index is 1240. The Morgan fingerprint density at radius 3 is 2.81 bits per heavy atom. The van der Waals surface area contributed by atoms with Crippen LogP contribution in [0.3, 0.4) is 0 Å². The van der Waals surface area contributed by atoms with E-state index in [1.165, 1.54) is 41.4 Å². The Morgan fingerprint density at radius 1 is 1.24 bits per heavy atom. The van der Waals surface area contributed by atoms with Crippen molar-refractivity contribution < 1.29 is 23.5 Å². The first-order valence-corrected chi connectivity index (χ1v) is 12.0. The third kappa shape index (κ3) is 6.46. The fraction of sp³-hybridized carbons (Fsp3) is 0.360. The van der Waals surface area contributed by atoms with Gasteiger partial charge in [0.1, 0.15) is 11.9 Å². The van der Waals surface area contributed by atoms with Crippen LogP contribution < -0.4 is 16.5 Å². The van der Waals surface area contributed by atoms with Gasteiger partial charge in [0, 0.05) is 31.9 Å². The average molecular weight is 514 g/mol.